The van der Waals surface area contributed by atoms with E-state index in [-0.39, 0.29) is 11.9 Å². The lowest BCUT2D eigenvalue weighted by Gasteiger charge is -2.29. The van der Waals surface area contributed by atoms with Gasteiger partial charge in [-0.3, -0.25) is 4.79 Å². The number of aromatic nitrogens is 1. The minimum absolute atomic E-state index is 0.00583. The summed E-state index contributed by atoms with van der Waals surface area (Å²) in [6.45, 7) is 5.37. The van der Waals surface area contributed by atoms with Crippen LogP contribution in [-0.4, -0.2) is 43.2 Å². The quantitative estimate of drug-likeness (QED) is 0.922. The van der Waals surface area contributed by atoms with Gasteiger partial charge in [-0.2, -0.15) is 0 Å². The first-order valence-electron chi connectivity index (χ1n) is 9.30. The summed E-state index contributed by atoms with van der Waals surface area (Å²) in [5.74, 6) is 3.33. The number of hydrogen-bond acceptors (Lipinski definition) is 4. The fraction of sp³-hybridized carbons (Fsp3) is 0.684. The highest BCUT2D eigenvalue weighted by molar-refractivity contribution is 5.94. The van der Waals surface area contributed by atoms with Gasteiger partial charge in [0.1, 0.15) is 5.82 Å². The van der Waals surface area contributed by atoms with Crippen molar-refractivity contribution in [2.45, 2.75) is 38.6 Å². The van der Waals surface area contributed by atoms with Crippen LogP contribution >= 0.6 is 0 Å². The fourth-order valence-corrected chi connectivity index (χ4v) is 4.80. The monoisotopic (exact) mass is 329 g/mol. The number of nitrogens with zero attached hydrogens (tertiary/aromatic N) is 2. The van der Waals surface area contributed by atoms with Crippen molar-refractivity contribution in [3.8, 4) is 0 Å². The number of hydrogen-bond donors (Lipinski definition) is 1. The van der Waals surface area contributed by atoms with Gasteiger partial charge in [-0.15, -0.1) is 0 Å². The normalized spacial score (nSPS) is 30.4. The number of fused-ring (bicyclic) bond motifs is 2. The topological polar surface area (TPSA) is 54.5 Å². The lowest BCUT2D eigenvalue weighted by molar-refractivity contribution is 0.0915. The van der Waals surface area contributed by atoms with E-state index >= 15 is 0 Å². The van der Waals surface area contributed by atoms with Crippen molar-refractivity contribution in [2.75, 3.05) is 31.2 Å². The lowest BCUT2D eigenvalue weighted by atomic mass is 9.84. The Bertz CT molecular complexity index is 583. The number of nitrogens with one attached hydrogen (secondary N) is 1. The molecule has 130 valence electrons. The molecule has 5 heteroatoms. The first-order chi connectivity index (χ1) is 11.7. The van der Waals surface area contributed by atoms with Crippen LogP contribution in [-0.2, 0) is 4.74 Å². The molecule has 4 rings (SSSR count). The van der Waals surface area contributed by atoms with Gasteiger partial charge < -0.3 is 15.0 Å². The van der Waals surface area contributed by atoms with Gasteiger partial charge in [0.2, 0.25) is 0 Å². The number of rotatable bonds is 4. The zero-order valence-electron chi connectivity index (χ0n) is 14.4. The zero-order valence-corrected chi connectivity index (χ0v) is 14.4. The second kappa shape index (κ2) is 6.71. The Morgan fingerprint density at radius 2 is 2.12 bits per heavy atom. The maximum Gasteiger partial charge on any atom is 0.253 e. The Labute approximate surface area is 143 Å². The molecule has 3 aliphatic rings. The first-order valence-corrected chi connectivity index (χ1v) is 9.30. The van der Waals surface area contributed by atoms with E-state index in [1.54, 1.807) is 6.20 Å². The van der Waals surface area contributed by atoms with Gasteiger partial charge in [-0.1, -0.05) is 6.42 Å². The van der Waals surface area contributed by atoms with Crippen LogP contribution in [0.3, 0.4) is 0 Å². The molecule has 2 bridgehead atoms. The Morgan fingerprint density at radius 1 is 1.29 bits per heavy atom. The molecule has 24 heavy (non-hydrogen) atoms. The summed E-state index contributed by atoms with van der Waals surface area (Å²) in [4.78, 5) is 19.2. The highest BCUT2D eigenvalue weighted by atomic mass is 16.5. The Morgan fingerprint density at radius 3 is 2.75 bits per heavy atom. The van der Waals surface area contributed by atoms with Crippen molar-refractivity contribution in [3.63, 3.8) is 0 Å². The van der Waals surface area contributed by atoms with Gasteiger partial charge >= 0.3 is 0 Å². The maximum absolute atomic E-state index is 12.5. The van der Waals surface area contributed by atoms with E-state index in [4.69, 9.17) is 4.74 Å². The Kier molecular flexibility index (Phi) is 4.44. The average molecular weight is 329 g/mol. The summed E-state index contributed by atoms with van der Waals surface area (Å²) >= 11 is 0. The van der Waals surface area contributed by atoms with Crippen molar-refractivity contribution in [3.05, 3.63) is 23.9 Å². The second-order valence-electron chi connectivity index (χ2n) is 7.61. The molecule has 1 aromatic heterocycles. The smallest absolute Gasteiger partial charge is 0.253 e. The molecule has 2 aliphatic carbocycles. The van der Waals surface area contributed by atoms with Gasteiger partial charge in [-0.05, 0) is 56.1 Å². The van der Waals surface area contributed by atoms with Crippen LogP contribution in [0.5, 0.6) is 0 Å². The van der Waals surface area contributed by atoms with Gasteiger partial charge in [0.25, 0.3) is 5.91 Å². The molecule has 3 fully saturated rings. The SMILES string of the molecule is C[C@H](NC(=O)c1ccc(N2CCOCC2)nc1)[C@@H]1C[C@H]2CC[C@H]1C2. The molecule has 1 N–H and O–H groups in total. The number of carbonyl (C=O) groups is 1. The summed E-state index contributed by atoms with van der Waals surface area (Å²) in [7, 11) is 0. The molecule has 4 atom stereocenters. The molecule has 1 amide bonds. The third kappa shape index (κ3) is 3.14. The maximum atomic E-state index is 12.5. The average Bonchev–Trinajstić information content (AvgIpc) is 3.26. The lowest BCUT2D eigenvalue weighted by Crippen LogP contribution is -2.40. The minimum atomic E-state index is 0.00583. The van der Waals surface area contributed by atoms with E-state index in [2.05, 4.69) is 22.1 Å². The van der Waals surface area contributed by atoms with Crippen molar-refractivity contribution < 1.29 is 9.53 Å². The third-order valence-electron chi connectivity index (χ3n) is 6.14. The largest absolute Gasteiger partial charge is 0.378 e. The van der Waals surface area contributed by atoms with E-state index in [1.807, 2.05) is 12.1 Å². The van der Waals surface area contributed by atoms with Crippen molar-refractivity contribution >= 4 is 11.7 Å². The van der Waals surface area contributed by atoms with Crippen molar-refractivity contribution in [2.24, 2.45) is 17.8 Å². The van der Waals surface area contributed by atoms with E-state index < -0.39 is 0 Å². The van der Waals surface area contributed by atoms with E-state index in [1.165, 1.54) is 25.7 Å². The van der Waals surface area contributed by atoms with Crippen molar-refractivity contribution in [1.29, 1.82) is 0 Å². The number of morpholine rings is 1. The standard InChI is InChI=1S/C19H27N3O2/c1-13(17-11-14-2-3-15(17)10-14)21-19(23)16-4-5-18(20-12-16)22-6-8-24-9-7-22/h4-5,12-15,17H,2-3,6-11H2,1H3,(H,21,23)/t13-,14-,15-,17-/m0/s1. The first kappa shape index (κ1) is 15.9. The van der Waals surface area contributed by atoms with Gasteiger partial charge in [0.15, 0.2) is 0 Å². The summed E-state index contributed by atoms with van der Waals surface area (Å²) in [5.41, 5.74) is 0.655. The van der Waals surface area contributed by atoms with Gasteiger partial charge in [-0.25, -0.2) is 4.98 Å². The molecule has 0 spiro atoms. The number of anilines is 1. The molecular formula is C19H27N3O2. The predicted octanol–water partition coefficient (Wildman–Crippen LogP) is 2.47. The number of carbonyl (C=O) groups excluding carboxylic acids is 1. The minimum Gasteiger partial charge on any atom is -0.378 e. The number of amides is 1. The highest BCUT2D eigenvalue weighted by Gasteiger charge is 2.42. The number of ether oxygens (including phenoxy) is 1. The predicted molar refractivity (Wildman–Crippen MR) is 93.1 cm³/mol. The molecular weight excluding hydrogens is 302 g/mol. The van der Waals surface area contributed by atoms with Gasteiger partial charge in [0, 0.05) is 25.3 Å². The van der Waals surface area contributed by atoms with Crippen molar-refractivity contribution in [1.82, 2.24) is 10.3 Å². The van der Waals surface area contributed by atoms with E-state index in [0.29, 0.717) is 11.5 Å². The molecule has 0 aromatic carbocycles. The molecule has 2 saturated carbocycles. The Hall–Kier alpha value is -1.62. The highest BCUT2D eigenvalue weighted by Crippen LogP contribution is 2.49. The van der Waals surface area contributed by atoms with Crippen LogP contribution in [0, 0.1) is 17.8 Å². The number of pyridine rings is 1. The molecule has 0 unspecified atom stereocenters. The molecule has 1 saturated heterocycles. The molecule has 1 aliphatic heterocycles. The van der Waals surface area contributed by atoms with Crippen LogP contribution in [0.4, 0.5) is 5.82 Å². The molecule has 0 radical (unpaired) electrons. The molecule has 1 aromatic rings. The van der Waals surface area contributed by atoms with Crippen LogP contribution in [0.1, 0.15) is 43.0 Å². The summed E-state index contributed by atoms with van der Waals surface area (Å²) in [6, 6.07) is 4.09. The van der Waals surface area contributed by atoms with Crippen LogP contribution in [0.15, 0.2) is 18.3 Å². The zero-order chi connectivity index (χ0) is 16.5. The third-order valence-corrected chi connectivity index (χ3v) is 6.14. The van der Waals surface area contributed by atoms with Crippen LogP contribution in [0.2, 0.25) is 0 Å². The van der Waals surface area contributed by atoms with Crippen LogP contribution in [0.25, 0.3) is 0 Å². The molecule has 2 heterocycles. The molecule has 5 nitrogen and oxygen atoms in total. The fourth-order valence-electron chi connectivity index (χ4n) is 4.80. The van der Waals surface area contributed by atoms with Crippen LogP contribution < -0.4 is 10.2 Å². The van der Waals surface area contributed by atoms with Gasteiger partial charge in [0.05, 0.1) is 18.8 Å². The summed E-state index contributed by atoms with van der Waals surface area (Å²) in [6.07, 6.45) is 7.12. The van der Waals surface area contributed by atoms with E-state index in [0.717, 1.165) is 44.0 Å². The summed E-state index contributed by atoms with van der Waals surface area (Å²) in [5, 5.41) is 3.21. The Balaban J connectivity index is 1.35. The second-order valence-corrected chi connectivity index (χ2v) is 7.61. The summed E-state index contributed by atoms with van der Waals surface area (Å²) < 4.78 is 5.36. The van der Waals surface area contributed by atoms with E-state index in [9.17, 15) is 4.79 Å².